The fourth-order valence-electron chi connectivity index (χ4n) is 2.05. The molecular formula is C13H19N3OS. The van der Waals surface area contributed by atoms with Gasteiger partial charge in [0, 0.05) is 17.5 Å². The quantitative estimate of drug-likeness (QED) is 0.804. The molecule has 1 aromatic rings. The van der Waals surface area contributed by atoms with Crippen LogP contribution in [0.1, 0.15) is 36.5 Å². The van der Waals surface area contributed by atoms with Gasteiger partial charge in [0.15, 0.2) is 5.13 Å². The molecular weight excluding hydrogens is 246 g/mol. The van der Waals surface area contributed by atoms with E-state index in [-0.39, 0.29) is 5.91 Å². The second-order valence-corrected chi connectivity index (χ2v) is 5.53. The first kappa shape index (κ1) is 13.2. The van der Waals surface area contributed by atoms with Gasteiger partial charge in [-0.1, -0.05) is 6.08 Å². The lowest BCUT2D eigenvalue weighted by Gasteiger charge is -2.20. The molecule has 2 heterocycles. The summed E-state index contributed by atoms with van der Waals surface area (Å²) in [5.41, 5.74) is 0. The molecule has 98 valence electrons. The Morgan fingerprint density at radius 3 is 3.11 bits per heavy atom. The number of rotatable bonds is 5. The van der Waals surface area contributed by atoms with Crippen LogP contribution in [0.3, 0.4) is 0 Å². The van der Waals surface area contributed by atoms with Gasteiger partial charge >= 0.3 is 0 Å². The molecule has 1 aliphatic heterocycles. The molecule has 0 radical (unpaired) electrons. The molecule has 0 saturated carbocycles. The first-order chi connectivity index (χ1) is 8.79. The predicted molar refractivity (Wildman–Crippen MR) is 75.0 cm³/mol. The van der Waals surface area contributed by atoms with E-state index >= 15 is 0 Å². The molecule has 1 fully saturated rings. The van der Waals surface area contributed by atoms with Crippen LogP contribution in [0.5, 0.6) is 0 Å². The van der Waals surface area contributed by atoms with Crippen LogP contribution in [0.4, 0.5) is 5.13 Å². The standard InChI is InChI=1S/C13H19N3OS/c1-2-3-4-12(17)16-13-15-9-11(18-13)10-5-7-14-8-6-10/h2,9-10,14H,1,3-8H2,(H,15,16,17). The summed E-state index contributed by atoms with van der Waals surface area (Å²) in [6, 6.07) is 0. The Balaban J connectivity index is 1.89. The molecule has 18 heavy (non-hydrogen) atoms. The maximum atomic E-state index is 11.6. The highest BCUT2D eigenvalue weighted by Gasteiger charge is 2.18. The lowest BCUT2D eigenvalue weighted by Crippen LogP contribution is -2.26. The smallest absolute Gasteiger partial charge is 0.226 e. The van der Waals surface area contributed by atoms with Crippen molar-refractivity contribution < 1.29 is 4.79 Å². The predicted octanol–water partition coefficient (Wildman–Crippen LogP) is 2.51. The van der Waals surface area contributed by atoms with Crippen molar-refractivity contribution in [2.75, 3.05) is 18.4 Å². The van der Waals surface area contributed by atoms with Gasteiger partial charge in [-0.2, -0.15) is 0 Å². The Morgan fingerprint density at radius 2 is 2.39 bits per heavy atom. The zero-order chi connectivity index (χ0) is 12.8. The summed E-state index contributed by atoms with van der Waals surface area (Å²) in [5, 5.41) is 6.91. The van der Waals surface area contributed by atoms with E-state index in [1.807, 2.05) is 6.20 Å². The summed E-state index contributed by atoms with van der Waals surface area (Å²) in [4.78, 5) is 17.1. The molecule has 1 amide bonds. The average Bonchev–Trinajstić information content (AvgIpc) is 2.86. The first-order valence-corrected chi connectivity index (χ1v) is 7.18. The first-order valence-electron chi connectivity index (χ1n) is 6.37. The van der Waals surface area contributed by atoms with E-state index in [9.17, 15) is 4.79 Å². The summed E-state index contributed by atoms with van der Waals surface area (Å²) in [7, 11) is 0. The number of allylic oxidation sites excluding steroid dienone is 1. The Kier molecular flexibility index (Phi) is 4.90. The monoisotopic (exact) mass is 265 g/mol. The van der Waals surface area contributed by atoms with Crippen LogP contribution >= 0.6 is 11.3 Å². The van der Waals surface area contributed by atoms with Gasteiger partial charge in [0.1, 0.15) is 0 Å². The number of nitrogens with zero attached hydrogens (tertiary/aromatic N) is 1. The molecule has 5 heteroatoms. The summed E-state index contributed by atoms with van der Waals surface area (Å²) in [6.07, 6.45) is 7.16. The Bertz CT molecular complexity index is 410. The number of anilines is 1. The number of nitrogens with one attached hydrogen (secondary N) is 2. The van der Waals surface area contributed by atoms with Gasteiger partial charge in [0.2, 0.25) is 5.91 Å². The Labute approximate surface area is 112 Å². The van der Waals surface area contributed by atoms with Crippen LogP contribution in [-0.4, -0.2) is 24.0 Å². The topological polar surface area (TPSA) is 54.0 Å². The van der Waals surface area contributed by atoms with Gasteiger partial charge in [-0.05, 0) is 38.3 Å². The highest BCUT2D eigenvalue weighted by atomic mass is 32.1. The molecule has 2 rings (SSSR count). The van der Waals surface area contributed by atoms with Gasteiger partial charge in [0.25, 0.3) is 0 Å². The fraction of sp³-hybridized carbons (Fsp3) is 0.538. The van der Waals surface area contributed by atoms with E-state index in [4.69, 9.17) is 0 Å². The van der Waals surface area contributed by atoms with Crippen LogP contribution in [0.2, 0.25) is 0 Å². The molecule has 1 aromatic heterocycles. The maximum Gasteiger partial charge on any atom is 0.226 e. The highest BCUT2D eigenvalue weighted by molar-refractivity contribution is 7.15. The Morgan fingerprint density at radius 1 is 1.61 bits per heavy atom. The Hall–Kier alpha value is -1.20. The van der Waals surface area contributed by atoms with Crippen molar-refractivity contribution in [2.24, 2.45) is 0 Å². The van der Waals surface area contributed by atoms with Crippen molar-refractivity contribution in [2.45, 2.75) is 31.6 Å². The SMILES string of the molecule is C=CCCC(=O)Nc1ncc(C2CCNCC2)s1. The largest absolute Gasteiger partial charge is 0.317 e. The summed E-state index contributed by atoms with van der Waals surface area (Å²) in [5.74, 6) is 0.615. The van der Waals surface area contributed by atoms with Crippen molar-refractivity contribution in [1.82, 2.24) is 10.3 Å². The average molecular weight is 265 g/mol. The number of carbonyl (C=O) groups is 1. The number of hydrogen-bond acceptors (Lipinski definition) is 4. The molecule has 4 nitrogen and oxygen atoms in total. The van der Waals surface area contributed by atoms with E-state index in [1.54, 1.807) is 17.4 Å². The number of aromatic nitrogens is 1. The van der Waals surface area contributed by atoms with Crippen molar-refractivity contribution in [3.63, 3.8) is 0 Å². The molecule has 0 aromatic carbocycles. The van der Waals surface area contributed by atoms with Crippen LogP contribution in [0.15, 0.2) is 18.9 Å². The van der Waals surface area contributed by atoms with Crippen LogP contribution < -0.4 is 10.6 Å². The number of thiazole rings is 1. The summed E-state index contributed by atoms with van der Waals surface area (Å²) >= 11 is 1.60. The number of carbonyl (C=O) groups excluding carboxylic acids is 1. The number of piperidine rings is 1. The summed E-state index contributed by atoms with van der Waals surface area (Å²) < 4.78 is 0. The molecule has 0 spiro atoms. The molecule has 0 aliphatic carbocycles. The van der Waals surface area contributed by atoms with Crippen molar-refractivity contribution >= 4 is 22.4 Å². The van der Waals surface area contributed by atoms with Gasteiger partial charge in [-0.15, -0.1) is 17.9 Å². The molecule has 0 unspecified atom stereocenters. The molecule has 0 atom stereocenters. The minimum Gasteiger partial charge on any atom is -0.317 e. The molecule has 1 aliphatic rings. The minimum atomic E-state index is 0.0149. The minimum absolute atomic E-state index is 0.0149. The van der Waals surface area contributed by atoms with E-state index in [0.717, 1.165) is 31.1 Å². The summed E-state index contributed by atoms with van der Waals surface area (Å²) in [6.45, 7) is 5.75. The second-order valence-electron chi connectivity index (χ2n) is 4.47. The van der Waals surface area contributed by atoms with Crippen LogP contribution in [0.25, 0.3) is 0 Å². The van der Waals surface area contributed by atoms with Gasteiger partial charge < -0.3 is 10.6 Å². The van der Waals surface area contributed by atoms with E-state index in [0.29, 0.717) is 18.8 Å². The van der Waals surface area contributed by atoms with E-state index in [2.05, 4.69) is 22.2 Å². The van der Waals surface area contributed by atoms with Crippen molar-refractivity contribution in [1.29, 1.82) is 0 Å². The third-order valence-electron chi connectivity index (χ3n) is 3.09. The lowest BCUT2D eigenvalue weighted by molar-refractivity contribution is -0.116. The number of amides is 1. The molecule has 1 saturated heterocycles. The van der Waals surface area contributed by atoms with Gasteiger partial charge in [-0.25, -0.2) is 4.98 Å². The normalized spacial score (nSPS) is 16.4. The van der Waals surface area contributed by atoms with Gasteiger partial charge in [0.05, 0.1) is 0 Å². The number of hydrogen-bond donors (Lipinski definition) is 2. The zero-order valence-electron chi connectivity index (χ0n) is 10.4. The van der Waals surface area contributed by atoms with Crippen molar-refractivity contribution in [3.05, 3.63) is 23.7 Å². The molecule has 2 N–H and O–H groups in total. The maximum absolute atomic E-state index is 11.6. The van der Waals surface area contributed by atoms with E-state index in [1.165, 1.54) is 4.88 Å². The van der Waals surface area contributed by atoms with Crippen LogP contribution in [0, 0.1) is 0 Å². The third kappa shape index (κ3) is 3.65. The lowest BCUT2D eigenvalue weighted by atomic mass is 9.97. The second kappa shape index (κ2) is 6.66. The van der Waals surface area contributed by atoms with Gasteiger partial charge in [-0.3, -0.25) is 4.79 Å². The van der Waals surface area contributed by atoms with Crippen molar-refractivity contribution in [3.8, 4) is 0 Å². The third-order valence-corrected chi connectivity index (χ3v) is 4.16. The van der Waals surface area contributed by atoms with Crippen LogP contribution in [-0.2, 0) is 4.79 Å². The molecule has 0 bridgehead atoms. The fourth-order valence-corrected chi connectivity index (χ4v) is 3.06. The van der Waals surface area contributed by atoms with E-state index < -0.39 is 0 Å². The zero-order valence-corrected chi connectivity index (χ0v) is 11.3. The highest BCUT2D eigenvalue weighted by Crippen LogP contribution is 2.31.